The second kappa shape index (κ2) is 12.5. The van der Waals surface area contributed by atoms with Crippen LogP contribution in [0, 0.1) is 0 Å². The second-order valence-electron chi connectivity index (χ2n) is 7.52. The number of sulfone groups is 2. The van der Waals surface area contributed by atoms with Crippen LogP contribution in [-0.2, 0) is 29.2 Å². The van der Waals surface area contributed by atoms with E-state index >= 15 is 0 Å². The summed E-state index contributed by atoms with van der Waals surface area (Å²) in [6.45, 7) is 4.27. The van der Waals surface area contributed by atoms with Crippen LogP contribution < -0.4 is 9.47 Å². The summed E-state index contributed by atoms with van der Waals surface area (Å²) in [6.07, 6.45) is -0.239. The molecule has 0 saturated heterocycles. The minimum atomic E-state index is -3.99. The highest BCUT2D eigenvalue weighted by Gasteiger charge is 2.29. The first kappa shape index (κ1) is 29.5. The van der Waals surface area contributed by atoms with E-state index in [1.165, 1.54) is 45.0 Å². The number of hydrogen-bond donors (Lipinski definition) is 0. The van der Waals surface area contributed by atoms with E-state index in [-0.39, 0.29) is 25.6 Å². The fraction of sp³-hybridized carbons (Fsp3) is 0.409. The molecule has 0 saturated carbocycles. The first-order chi connectivity index (χ1) is 16.3. The summed E-state index contributed by atoms with van der Waals surface area (Å²) in [5.41, 5.74) is -1.40. The molecule has 2 rings (SSSR count). The van der Waals surface area contributed by atoms with Gasteiger partial charge in [-0.1, -0.05) is 23.2 Å². The fourth-order valence-corrected chi connectivity index (χ4v) is 6.28. The van der Waals surface area contributed by atoms with E-state index < -0.39 is 42.9 Å². The number of esters is 1. The number of benzene rings is 2. The van der Waals surface area contributed by atoms with Gasteiger partial charge in [-0.15, -0.1) is 11.6 Å². The molecular weight excluding hydrogens is 563 g/mol. The zero-order valence-electron chi connectivity index (χ0n) is 19.2. The highest BCUT2D eigenvalue weighted by atomic mass is 35.5. The van der Waals surface area contributed by atoms with Crippen LogP contribution in [0.4, 0.5) is 0 Å². The maximum absolute atomic E-state index is 13.1. The monoisotopic (exact) mass is 586 g/mol. The van der Waals surface area contributed by atoms with Gasteiger partial charge < -0.3 is 14.2 Å². The quantitative estimate of drug-likeness (QED) is 0.195. The number of carbonyl (C=O) groups is 1. The minimum absolute atomic E-state index is 0.0154. The predicted octanol–water partition coefficient (Wildman–Crippen LogP) is 4.93. The molecule has 8 nitrogen and oxygen atoms in total. The van der Waals surface area contributed by atoms with Gasteiger partial charge in [0, 0.05) is 12.8 Å². The van der Waals surface area contributed by atoms with Crippen LogP contribution in [0.25, 0.3) is 0 Å². The van der Waals surface area contributed by atoms with Gasteiger partial charge in [-0.2, -0.15) is 0 Å². The molecule has 2 aromatic rings. The summed E-state index contributed by atoms with van der Waals surface area (Å²) >= 11 is 18.1. The molecule has 0 aliphatic carbocycles. The van der Waals surface area contributed by atoms with Crippen molar-refractivity contribution in [2.24, 2.45) is 0 Å². The lowest BCUT2D eigenvalue weighted by atomic mass is 10.3. The number of carbonyl (C=O) groups excluding carboxylic acids is 1. The van der Waals surface area contributed by atoms with Gasteiger partial charge in [0.2, 0.25) is 9.84 Å². The molecule has 0 spiro atoms. The molecule has 0 aliphatic rings. The van der Waals surface area contributed by atoms with Gasteiger partial charge in [-0.3, -0.25) is 4.79 Å². The molecule has 0 bridgehead atoms. The Balaban J connectivity index is 2.23. The minimum Gasteiger partial charge on any atom is -0.494 e. The fourth-order valence-electron chi connectivity index (χ4n) is 2.92. The zero-order valence-corrected chi connectivity index (χ0v) is 23.1. The zero-order chi connectivity index (χ0) is 26.4. The van der Waals surface area contributed by atoms with Gasteiger partial charge in [-0.05, 0) is 56.7 Å². The molecule has 0 aliphatic heterocycles. The third-order valence-electron chi connectivity index (χ3n) is 4.59. The maximum atomic E-state index is 13.1. The molecule has 0 amide bonds. The summed E-state index contributed by atoms with van der Waals surface area (Å²) in [7, 11) is -7.88. The average molecular weight is 588 g/mol. The van der Waals surface area contributed by atoms with Crippen LogP contribution in [-0.4, -0.2) is 52.6 Å². The summed E-state index contributed by atoms with van der Waals surface area (Å²) in [4.78, 5) is 10.8. The van der Waals surface area contributed by atoms with Gasteiger partial charge in [0.25, 0.3) is 0 Å². The van der Waals surface area contributed by atoms with E-state index in [4.69, 9.17) is 49.0 Å². The largest absolute Gasteiger partial charge is 0.494 e. The topological polar surface area (TPSA) is 113 Å². The first-order valence-corrected chi connectivity index (χ1v) is 14.8. The summed E-state index contributed by atoms with van der Waals surface area (Å²) in [5, 5.41) is -0.376. The average Bonchev–Trinajstić information content (AvgIpc) is 2.75. The predicted molar refractivity (Wildman–Crippen MR) is 134 cm³/mol. The van der Waals surface area contributed by atoms with Crippen LogP contribution in [0.2, 0.25) is 10.0 Å². The van der Waals surface area contributed by atoms with Gasteiger partial charge in [0.05, 0.1) is 32.2 Å². The molecule has 0 heterocycles. The van der Waals surface area contributed by atoms with Gasteiger partial charge in [-0.25, -0.2) is 16.8 Å². The highest BCUT2D eigenvalue weighted by molar-refractivity contribution is 7.92. The van der Waals surface area contributed by atoms with Crippen molar-refractivity contribution in [3.63, 3.8) is 0 Å². The number of ether oxygens (including phenoxy) is 3. The summed E-state index contributed by atoms with van der Waals surface area (Å²) in [6, 6.07) is 8.07. The molecule has 194 valence electrons. The standard InChI is InChI=1S/C22H25Cl3O8S2/c1-14(32-15(2)26)13-34(27,28)16(3)33-22-20(24)11-19(12-21(22)25)35(29,30)18-7-5-17(6-8-18)31-10-4-9-23/h5-8,11-12,14,16H,4,9-10,13H2,1-3H3/t14?,16-/m1/s1. The third kappa shape index (κ3) is 8.15. The molecule has 0 N–H and O–H groups in total. The SMILES string of the molecule is CC(=O)OC(C)CS(=O)(=O)[C@H](C)Oc1c(Cl)cc(S(=O)(=O)c2ccc(OCCCCl)cc2)cc1Cl. The Hall–Kier alpha value is -1.72. The van der Waals surface area contributed by atoms with Crippen molar-refractivity contribution in [1.29, 1.82) is 0 Å². The van der Waals surface area contributed by atoms with Crippen LogP contribution in [0.5, 0.6) is 11.5 Å². The van der Waals surface area contributed by atoms with Crippen LogP contribution in [0.3, 0.4) is 0 Å². The van der Waals surface area contributed by atoms with E-state index in [0.717, 1.165) is 12.1 Å². The number of alkyl halides is 1. The van der Waals surface area contributed by atoms with Crippen molar-refractivity contribution in [1.82, 2.24) is 0 Å². The molecule has 1 unspecified atom stereocenters. The number of rotatable bonds is 12. The lowest BCUT2D eigenvalue weighted by Gasteiger charge is -2.20. The van der Waals surface area contributed by atoms with Crippen LogP contribution in [0.1, 0.15) is 27.2 Å². The smallest absolute Gasteiger partial charge is 0.302 e. The lowest BCUT2D eigenvalue weighted by Crippen LogP contribution is -2.32. The number of hydrogen-bond acceptors (Lipinski definition) is 8. The molecule has 2 atom stereocenters. The van der Waals surface area contributed by atoms with E-state index in [0.29, 0.717) is 24.7 Å². The Morgan fingerprint density at radius 2 is 1.54 bits per heavy atom. The van der Waals surface area contributed by atoms with Crippen molar-refractivity contribution in [3.8, 4) is 11.5 Å². The van der Waals surface area contributed by atoms with Crippen LogP contribution >= 0.6 is 34.8 Å². The van der Waals surface area contributed by atoms with Crippen LogP contribution in [0.15, 0.2) is 46.2 Å². The molecule has 0 radical (unpaired) electrons. The van der Waals surface area contributed by atoms with Gasteiger partial charge >= 0.3 is 5.97 Å². The molecule has 35 heavy (non-hydrogen) atoms. The Bertz CT molecular complexity index is 1220. The van der Waals surface area contributed by atoms with Crippen molar-refractivity contribution in [2.45, 2.75) is 48.5 Å². The Morgan fingerprint density at radius 1 is 0.971 bits per heavy atom. The molecule has 13 heteroatoms. The van der Waals surface area contributed by atoms with E-state index in [1.807, 2.05) is 0 Å². The van der Waals surface area contributed by atoms with Crippen molar-refractivity contribution < 1.29 is 35.8 Å². The Morgan fingerprint density at radius 3 is 2.06 bits per heavy atom. The first-order valence-electron chi connectivity index (χ1n) is 10.4. The number of halogens is 3. The molecular formula is C22H25Cl3O8S2. The third-order valence-corrected chi connectivity index (χ3v) is 9.21. The highest BCUT2D eigenvalue weighted by Crippen LogP contribution is 2.38. The molecule has 0 aromatic heterocycles. The molecule has 2 aromatic carbocycles. The summed E-state index contributed by atoms with van der Waals surface area (Å²) < 4.78 is 67.0. The van der Waals surface area contributed by atoms with Crippen molar-refractivity contribution in [3.05, 3.63) is 46.4 Å². The Labute approximate surface area is 220 Å². The summed E-state index contributed by atoms with van der Waals surface area (Å²) in [5.74, 6) is -0.344. The van der Waals surface area contributed by atoms with Crippen molar-refractivity contribution in [2.75, 3.05) is 18.2 Å². The Kier molecular flexibility index (Phi) is 10.5. The van der Waals surface area contributed by atoms with E-state index in [9.17, 15) is 21.6 Å². The van der Waals surface area contributed by atoms with Crippen molar-refractivity contribution >= 4 is 60.4 Å². The van der Waals surface area contributed by atoms with Gasteiger partial charge in [0.1, 0.15) is 11.9 Å². The van der Waals surface area contributed by atoms with E-state index in [2.05, 4.69) is 0 Å². The normalized spacial score (nSPS) is 13.7. The van der Waals surface area contributed by atoms with E-state index in [1.54, 1.807) is 0 Å². The van der Waals surface area contributed by atoms with Gasteiger partial charge in [0.15, 0.2) is 21.0 Å². The second-order valence-corrected chi connectivity index (χ2v) is 13.0. The maximum Gasteiger partial charge on any atom is 0.302 e. The molecule has 0 fully saturated rings. The lowest BCUT2D eigenvalue weighted by molar-refractivity contribution is -0.144.